The van der Waals surface area contributed by atoms with Gasteiger partial charge in [-0.1, -0.05) is 24.8 Å². The molecule has 0 bridgehead atoms. The van der Waals surface area contributed by atoms with E-state index in [4.69, 9.17) is 0 Å². The molecular formula is C10H18O2. The van der Waals surface area contributed by atoms with Crippen molar-refractivity contribution in [1.29, 1.82) is 0 Å². The molecule has 0 aliphatic rings. The van der Waals surface area contributed by atoms with Gasteiger partial charge in [0.25, 0.3) is 0 Å². The van der Waals surface area contributed by atoms with Crippen molar-refractivity contribution >= 4 is 0 Å². The molecule has 0 amide bonds. The highest BCUT2D eigenvalue weighted by Gasteiger charge is 2.23. The molecule has 0 heterocycles. The zero-order chi connectivity index (χ0) is 9.78. The van der Waals surface area contributed by atoms with E-state index in [2.05, 4.69) is 13.2 Å². The largest absolute Gasteiger partial charge is 0.390 e. The molecule has 0 saturated carbocycles. The standard InChI is InChI=1S/C10H18O2/c1-5-8(2)6-7-9(11)10(3,4)12/h5,9,11-12H,1-2,6-7H2,3-4H3/t9-/m1/s1. The second-order valence-electron chi connectivity index (χ2n) is 3.57. The van der Waals surface area contributed by atoms with Crippen molar-refractivity contribution in [1.82, 2.24) is 0 Å². The van der Waals surface area contributed by atoms with Crippen molar-refractivity contribution in [2.45, 2.75) is 38.4 Å². The minimum Gasteiger partial charge on any atom is -0.390 e. The van der Waals surface area contributed by atoms with Crippen LogP contribution in [0.15, 0.2) is 24.8 Å². The zero-order valence-corrected chi connectivity index (χ0v) is 7.88. The summed E-state index contributed by atoms with van der Waals surface area (Å²) in [6.45, 7) is 10.5. The molecular weight excluding hydrogens is 152 g/mol. The summed E-state index contributed by atoms with van der Waals surface area (Å²) < 4.78 is 0. The Bertz CT molecular complexity index is 165. The third-order valence-corrected chi connectivity index (χ3v) is 1.84. The van der Waals surface area contributed by atoms with E-state index in [-0.39, 0.29) is 0 Å². The molecule has 0 aromatic carbocycles. The summed E-state index contributed by atoms with van der Waals surface area (Å²) in [7, 11) is 0. The predicted molar refractivity (Wildman–Crippen MR) is 50.9 cm³/mol. The van der Waals surface area contributed by atoms with Gasteiger partial charge < -0.3 is 10.2 Å². The van der Waals surface area contributed by atoms with Crippen molar-refractivity contribution in [2.75, 3.05) is 0 Å². The summed E-state index contributed by atoms with van der Waals surface area (Å²) in [6.07, 6.45) is 2.16. The van der Waals surface area contributed by atoms with Gasteiger partial charge in [-0.05, 0) is 26.7 Å². The quantitative estimate of drug-likeness (QED) is 0.616. The van der Waals surface area contributed by atoms with Crippen molar-refractivity contribution < 1.29 is 10.2 Å². The summed E-state index contributed by atoms with van der Waals surface area (Å²) in [5.74, 6) is 0. The second-order valence-corrected chi connectivity index (χ2v) is 3.57. The van der Waals surface area contributed by atoms with E-state index in [1.54, 1.807) is 19.9 Å². The van der Waals surface area contributed by atoms with E-state index < -0.39 is 11.7 Å². The van der Waals surface area contributed by atoms with Crippen molar-refractivity contribution in [3.63, 3.8) is 0 Å². The zero-order valence-electron chi connectivity index (χ0n) is 7.88. The Morgan fingerprint density at radius 2 is 2.08 bits per heavy atom. The summed E-state index contributed by atoms with van der Waals surface area (Å²) in [4.78, 5) is 0. The highest BCUT2D eigenvalue weighted by atomic mass is 16.3. The summed E-state index contributed by atoms with van der Waals surface area (Å²) in [5, 5.41) is 18.8. The van der Waals surface area contributed by atoms with Crippen molar-refractivity contribution in [2.24, 2.45) is 0 Å². The molecule has 2 N–H and O–H groups in total. The van der Waals surface area contributed by atoms with Crippen molar-refractivity contribution in [3.05, 3.63) is 24.8 Å². The Hall–Kier alpha value is -0.600. The van der Waals surface area contributed by atoms with Crippen LogP contribution >= 0.6 is 0 Å². The molecule has 2 nitrogen and oxygen atoms in total. The Balaban J connectivity index is 3.79. The number of allylic oxidation sites excluding steroid dienone is 2. The number of rotatable bonds is 5. The minimum absolute atomic E-state index is 0.522. The topological polar surface area (TPSA) is 40.5 Å². The number of hydrogen-bond acceptors (Lipinski definition) is 2. The molecule has 0 spiro atoms. The first-order chi connectivity index (χ1) is 5.38. The Morgan fingerprint density at radius 1 is 1.58 bits per heavy atom. The molecule has 70 valence electrons. The third-order valence-electron chi connectivity index (χ3n) is 1.84. The van der Waals surface area contributed by atoms with Gasteiger partial charge in [0.1, 0.15) is 0 Å². The third kappa shape index (κ3) is 4.31. The van der Waals surface area contributed by atoms with Gasteiger partial charge in [-0.3, -0.25) is 0 Å². The predicted octanol–water partition coefficient (Wildman–Crippen LogP) is 1.64. The lowest BCUT2D eigenvalue weighted by atomic mass is 9.96. The van der Waals surface area contributed by atoms with Crippen LogP contribution in [-0.4, -0.2) is 21.9 Å². The molecule has 0 aliphatic carbocycles. The first kappa shape index (κ1) is 11.4. The van der Waals surface area contributed by atoms with Crippen LogP contribution in [0, 0.1) is 0 Å². The molecule has 0 aromatic heterocycles. The van der Waals surface area contributed by atoms with Crippen LogP contribution in [-0.2, 0) is 0 Å². The van der Waals surface area contributed by atoms with Gasteiger partial charge in [0.15, 0.2) is 0 Å². The Labute approximate surface area is 74.2 Å². The fourth-order valence-electron chi connectivity index (χ4n) is 0.777. The fraction of sp³-hybridized carbons (Fsp3) is 0.600. The van der Waals surface area contributed by atoms with E-state index in [9.17, 15) is 10.2 Å². The van der Waals surface area contributed by atoms with E-state index in [1.807, 2.05) is 0 Å². The van der Waals surface area contributed by atoms with Gasteiger partial charge in [-0.2, -0.15) is 0 Å². The van der Waals surface area contributed by atoms with Crippen LogP contribution in [0.1, 0.15) is 26.7 Å². The molecule has 1 atom stereocenters. The van der Waals surface area contributed by atoms with Crippen LogP contribution < -0.4 is 0 Å². The SMILES string of the molecule is C=CC(=C)CC[C@@H](O)C(C)(C)O. The highest BCUT2D eigenvalue weighted by molar-refractivity contribution is 5.10. The van der Waals surface area contributed by atoms with Gasteiger partial charge >= 0.3 is 0 Å². The first-order valence-electron chi connectivity index (χ1n) is 4.08. The summed E-state index contributed by atoms with van der Waals surface area (Å²) in [5.41, 5.74) is -0.139. The molecule has 0 rings (SSSR count). The fourth-order valence-corrected chi connectivity index (χ4v) is 0.777. The van der Waals surface area contributed by atoms with Crippen LogP contribution in [0.2, 0.25) is 0 Å². The average molecular weight is 170 g/mol. The minimum atomic E-state index is -1.03. The lowest BCUT2D eigenvalue weighted by Crippen LogP contribution is -2.35. The summed E-state index contributed by atoms with van der Waals surface area (Å²) in [6, 6.07) is 0. The summed E-state index contributed by atoms with van der Waals surface area (Å²) >= 11 is 0. The van der Waals surface area contributed by atoms with E-state index in [1.165, 1.54) is 0 Å². The lowest BCUT2D eigenvalue weighted by Gasteiger charge is -2.24. The van der Waals surface area contributed by atoms with Gasteiger partial charge in [0.05, 0.1) is 11.7 Å². The molecule has 2 heteroatoms. The number of aliphatic hydroxyl groups excluding tert-OH is 1. The average Bonchev–Trinajstić information content (AvgIpc) is 1.97. The molecule has 12 heavy (non-hydrogen) atoms. The maximum atomic E-state index is 9.40. The molecule has 0 aromatic rings. The van der Waals surface area contributed by atoms with E-state index in [0.717, 1.165) is 5.57 Å². The maximum Gasteiger partial charge on any atom is 0.0849 e. The van der Waals surface area contributed by atoms with Crippen LogP contribution in [0.3, 0.4) is 0 Å². The monoisotopic (exact) mass is 170 g/mol. The van der Waals surface area contributed by atoms with Gasteiger partial charge in [-0.15, -0.1) is 0 Å². The Kier molecular flexibility index (Phi) is 4.21. The molecule has 0 unspecified atom stereocenters. The van der Waals surface area contributed by atoms with Gasteiger partial charge in [0, 0.05) is 0 Å². The normalized spacial score (nSPS) is 14.0. The maximum absolute atomic E-state index is 9.40. The molecule has 0 aliphatic heterocycles. The first-order valence-corrected chi connectivity index (χ1v) is 4.08. The van der Waals surface area contributed by atoms with Gasteiger partial charge in [-0.25, -0.2) is 0 Å². The van der Waals surface area contributed by atoms with E-state index >= 15 is 0 Å². The van der Waals surface area contributed by atoms with Gasteiger partial charge in [0.2, 0.25) is 0 Å². The number of hydrogen-bond donors (Lipinski definition) is 2. The molecule has 0 fully saturated rings. The smallest absolute Gasteiger partial charge is 0.0849 e. The number of aliphatic hydroxyl groups is 2. The lowest BCUT2D eigenvalue weighted by molar-refractivity contribution is -0.0508. The highest BCUT2D eigenvalue weighted by Crippen LogP contribution is 2.15. The van der Waals surface area contributed by atoms with Crippen molar-refractivity contribution in [3.8, 4) is 0 Å². The Morgan fingerprint density at radius 3 is 2.42 bits per heavy atom. The van der Waals surface area contributed by atoms with Crippen LogP contribution in [0.5, 0.6) is 0 Å². The van der Waals surface area contributed by atoms with Crippen LogP contribution in [0.25, 0.3) is 0 Å². The van der Waals surface area contributed by atoms with Crippen LogP contribution in [0.4, 0.5) is 0 Å². The second kappa shape index (κ2) is 4.43. The molecule has 0 saturated heterocycles. The van der Waals surface area contributed by atoms with E-state index in [0.29, 0.717) is 12.8 Å². The molecule has 0 radical (unpaired) electrons.